The average molecular weight is 329 g/mol. The standard InChI is InChI=1S/C13H16N4O4.ClH/c14-8-12(18)16-7-1-2-11(16)13(19)15-9-3-5-10(6-4-9)17(20)21;/h3-6,11H,1-2,7-8,14H2,(H,15,19);1H/t11-;/m0./s1. The van der Waals surface area contributed by atoms with Crippen LogP contribution in [0.25, 0.3) is 0 Å². The molecule has 0 unspecified atom stereocenters. The summed E-state index contributed by atoms with van der Waals surface area (Å²) in [6.07, 6.45) is 1.34. The third-order valence-corrected chi connectivity index (χ3v) is 3.40. The number of likely N-dealkylation sites (tertiary alicyclic amines) is 1. The van der Waals surface area contributed by atoms with Gasteiger partial charge in [0.1, 0.15) is 6.04 Å². The molecule has 1 atom stereocenters. The topological polar surface area (TPSA) is 119 Å². The van der Waals surface area contributed by atoms with E-state index in [2.05, 4.69) is 5.32 Å². The van der Waals surface area contributed by atoms with E-state index >= 15 is 0 Å². The fourth-order valence-corrected chi connectivity index (χ4v) is 2.35. The summed E-state index contributed by atoms with van der Waals surface area (Å²) in [5.74, 6) is -0.556. The molecule has 1 aliphatic rings. The monoisotopic (exact) mass is 328 g/mol. The van der Waals surface area contributed by atoms with Crippen molar-refractivity contribution >= 4 is 35.6 Å². The fourth-order valence-electron chi connectivity index (χ4n) is 2.35. The summed E-state index contributed by atoms with van der Waals surface area (Å²) in [7, 11) is 0. The van der Waals surface area contributed by atoms with Crippen LogP contribution >= 0.6 is 12.4 Å². The van der Waals surface area contributed by atoms with Gasteiger partial charge in [0.25, 0.3) is 5.69 Å². The number of carbonyl (C=O) groups excluding carboxylic acids is 2. The average Bonchev–Trinajstić information content (AvgIpc) is 2.96. The first-order chi connectivity index (χ1) is 10.0. The highest BCUT2D eigenvalue weighted by Crippen LogP contribution is 2.20. The fraction of sp³-hybridized carbons (Fsp3) is 0.385. The Bertz CT molecular complexity index is 564. The highest BCUT2D eigenvalue weighted by atomic mass is 35.5. The van der Waals surface area contributed by atoms with Crippen molar-refractivity contribution in [3.8, 4) is 0 Å². The molecule has 1 heterocycles. The normalized spacial score (nSPS) is 16.8. The Labute approximate surface area is 133 Å². The van der Waals surface area contributed by atoms with Crippen LogP contribution < -0.4 is 11.1 Å². The predicted octanol–water partition coefficient (Wildman–Crippen LogP) is 0.905. The van der Waals surface area contributed by atoms with Crippen molar-refractivity contribution in [1.82, 2.24) is 4.90 Å². The van der Waals surface area contributed by atoms with Gasteiger partial charge in [-0.15, -0.1) is 12.4 Å². The lowest BCUT2D eigenvalue weighted by atomic mass is 10.2. The largest absolute Gasteiger partial charge is 0.330 e. The molecule has 22 heavy (non-hydrogen) atoms. The van der Waals surface area contributed by atoms with Gasteiger partial charge < -0.3 is 16.0 Å². The molecule has 0 aromatic heterocycles. The highest BCUT2D eigenvalue weighted by molar-refractivity contribution is 5.97. The molecule has 9 heteroatoms. The first kappa shape index (κ1) is 17.9. The van der Waals surface area contributed by atoms with Crippen LogP contribution in [-0.4, -0.2) is 40.8 Å². The number of amides is 2. The van der Waals surface area contributed by atoms with Crippen molar-refractivity contribution < 1.29 is 14.5 Å². The van der Waals surface area contributed by atoms with Gasteiger partial charge in [0.2, 0.25) is 11.8 Å². The molecule has 120 valence electrons. The van der Waals surface area contributed by atoms with Crippen LogP contribution in [0, 0.1) is 10.1 Å². The Morgan fingerprint density at radius 1 is 1.36 bits per heavy atom. The minimum absolute atomic E-state index is 0. The van der Waals surface area contributed by atoms with Gasteiger partial charge in [-0.1, -0.05) is 0 Å². The van der Waals surface area contributed by atoms with E-state index in [9.17, 15) is 19.7 Å². The Morgan fingerprint density at radius 3 is 2.55 bits per heavy atom. The third kappa shape index (κ3) is 3.92. The second-order valence-electron chi connectivity index (χ2n) is 4.74. The summed E-state index contributed by atoms with van der Waals surface area (Å²) in [6.45, 7) is 0.399. The molecule has 2 amide bonds. The SMILES string of the molecule is Cl.NCC(=O)N1CCC[C@H]1C(=O)Nc1ccc([N+](=O)[O-])cc1. The number of hydrogen-bond acceptors (Lipinski definition) is 5. The van der Waals surface area contributed by atoms with Crippen LogP contribution in [0.3, 0.4) is 0 Å². The summed E-state index contributed by atoms with van der Waals surface area (Å²) in [4.78, 5) is 35.4. The second-order valence-corrected chi connectivity index (χ2v) is 4.74. The minimum Gasteiger partial charge on any atom is -0.330 e. The van der Waals surface area contributed by atoms with Gasteiger partial charge in [-0.3, -0.25) is 19.7 Å². The molecule has 2 rings (SSSR count). The number of carbonyl (C=O) groups is 2. The predicted molar refractivity (Wildman–Crippen MR) is 82.8 cm³/mol. The van der Waals surface area contributed by atoms with Gasteiger partial charge >= 0.3 is 0 Å². The van der Waals surface area contributed by atoms with E-state index in [0.29, 0.717) is 18.7 Å². The molecule has 1 aromatic rings. The van der Waals surface area contributed by atoms with E-state index in [1.165, 1.54) is 29.2 Å². The van der Waals surface area contributed by atoms with Gasteiger partial charge in [-0.25, -0.2) is 0 Å². The Morgan fingerprint density at radius 2 is 2.00 bits per heavy atom. The van der Waals surface area contributed by atoms with Crippen LogP contribution in [0.15, 0.2) is 24.3 Å². The molecule has 3 N–H and O–H groups in total. The summed E-state index contributed by atoms with van der Waals surface area (Å²) in [6, 6.07) is 5.01. The zero-order chi connectivity index (χ0) is 15.4. The Hall–Kier alpha value is -2.19. The summed E-state index contributed by atoms with van der Waals surface area (Å²) in [5, 5.41) is 13.2. The van der Waals surface area contributed by atoms with Gasteiger partial charge in [-0.2, -0.15) is 0 Å². The first-order valence-electron chi connectivity index (χ1n) is 6.58. The molecule has 1 saturated heterocycles. The van der Waals surface area contributed by atoms with Crippen LogP contribution in [0.1, 0.15) is 12.8 Å². The van der Waals surface area contributed by atoms with Gasteiger partial charge in [0.15, 0.2) is 0 Å². The van der Waals surface area contributed by atoms with E-state index in [1.54, 1.807) is 0 Å². The van der Waals surface area contributed by atoms with Crippen LogP contribution in [0.2, 0.25) is 0 Å². The third-order valence-electron chi connectivity index (χ3n) is 3.40. The molecule has 1 aliphatic heterocycles. The number of nitrogens with zero attached hydrogens (tertiary/aromatic N) is 2. The number of halogens is 1. The maximum Gasteiger partial charge on any atom is 0.269 e. The number of anilines is 1. The van der Waals surface area contributed by atoms with Crippen molar-refractivity contribution in [3.63, 3.8) is 0 Å². The minimum atomic E-state index is -0.531. The number of hydrogen-bond donors (Lipinski definition) is 2. The smallest absolute Gasteiger partial charge is 0.269 e. The van der Waals surface area contributed by atoms with Crippen molar-refractivity contribution in [3.05, 3.63) is 34.4 Å². The van der Waals surface area contributed by atoms with Crippen molar-refractivity contribution in [2.24, 2.45) is 5.73 Å². The van der Waals surface area contributed by atoms with Gasteiger partial charge in [0.05, 0.1) is 11.5 Å². The van der Waals surface area contributed by atoms with Crippen LogP contribution in [0.4, 0.5) is 11.4 Å². The highest BCUT2D eigenvalue weighted by Gasteiger charge is 2.33. The summed E-state index contributed by atoms with van der Waals surface area (Å²) >= 11 is 0. The first-order valence-corrected chi connectivity index (χ1v) is 6.58. The molecule has 0 spiro atoms. The lowest BCUT2D eigenvalue weighted by Crippen LogP contribution is -2.45. The van der Waals surface area contributed by atoms with Gasteiger partial charge in [0, 0.05) is 24.4 Å². The van der Waals surface area contributed by atoms with Crippen molar-refractivity contribution in [2.75, 3.05) is 18.4 Å². The van der Waals surface area contributed by atoms with E-state index in [4.69, 9.17) is 5.73 Å². The number of rotatable bonds is 4. The number of non-ortho nitro benzene ring substituents is 1. The quantitative estimate of drug-likeness (QED) is 0.629. The molecule has 0 bridgehead atoms. The van der Waals surface area contributed by atoms with E-state index in [1.807, 2.05) is 0 Å². The maximum atomic E-state index is 12.2. The zero-order valence-corrected chi connectivity index (χ0v) is 12.5. The molecule has 8 nitrogen and oxygen atoms in total. The van der Waals surface area contributed by atoms with E-state index in [0.717, 1.165) is 6.42 Å². The molecule has 0 radical (unpaired) electrons. The number of benzene rings is 1. The lowest BCUT2D eigenvalue weighted by molar-refractivity contribution is -0.384. The lowest BCUT2D eigenvalue weighted by Gasteiger charge is -2.23. The molecule has 0 saturated carbocycles. The second kappa shape index (κ2) is 7.71. The molecule has 1 aromatic carbocycles. The van der Waals surface area contributed by atoms with Crippen LogP contribution in [-0.2, 0) is 9.59 Å². The maximum absolute atomic E-state index is 12.2. The number of nitrogens with one attached hydrogen (secondary N) is 1. The van der Waals surface area contributed by atoms with E-state index < -0.39 is 11.0 Å². The van der Waals surface area contributed by atoms with E-state index in [-0.39, 0.29) is 36.5 Å². The number of nitrogens with two attached hydrogens (primary N) is 1. The van der Waals surface area contributed by atoms with Gasteiger partial charge in [-0.05, 0) is 25.0 Å². The Balaban J connectivity index is 0.00000242. The molecule has 1 fully saturated rings. The van der Waals surface area contributed by atoms with Crippen molar-refractivity contribution in [1.29, 1.82) is 0 Å². The summed E-state index contributed by atoms with van der Waals surface area (Å²) in [5.41, 5.74) is 5.73. The molecular formula is C13H17ClN4O4. The zero-order valence-electron chi connectivity index (χ0n) is 11.7. The summed E-state index contributed by atoms with van der Waals surface area (Å²) < 4.78 is 0. The number of nitro benzene ring substituents is 1. The molecule has 0 aliphatic carbocycles. The molecular weight excluding hydrogens is 312 g/mol. The number of nitro groups is 1. The van der Waals surface area contributed by atoms with Crippen LogP contribution in [0.5, 0.6) is 0 Å². The van der Waals surface area contributed by atoms with Crippen molar-refractivity contribution in [2.45, 2.75) is 18.9 Å². The Kier molecular flexibility index (Phi) is 6.26.